The molecule has 10 heteroatoms. The third kappa shape index (κ3) is 6.71. The van der Waals surface area contributed by atoms with Crippen LogP contribution in [0.5, 0.6) is 5.75 Å². The number of halogens is 5. The Balaban J connectivity index is 1.45. The van der Waals surface area contributed by atoms with E-state index in [2.05, 4.69) is 21.6 Å². The molecule has 2 heterocycles. The van der Waals surface area contributed by atoms with Crippen LogP contribution in [0, 0.1) is 23.8 Å². The zero-order valence-corrected chi connectivity index (χ0v) is 17.5. The minimum atomic E-state index is -3.65. The summed E-state index contributed by atoms with van der Waals surface area (Å²) in [6.07, 6.45) is -2.36. The Morgan fingerprint density at radius 3 is 2.19 bits per heavy atom. The number of unbranched alkanes of at least 4 members (excludes halogenated alkanes) is 1. The van der Waals surface area contributed by atoms with Crippen molar-refractivity contribution in [1.29, 1.82) is 0 Å². The second kappa shape index (κ2) is 10.4. The molecule has 0 spiro atoms. The lowest BCUT2D eigenvalue weighted by Crippen LogP contribution is -2.45. The summed E-state index contributed by atoms with van der Waals surface area (Å²) in [7, 11) is 0. The van der Waals surface area contributed by atoms with Gasteiger partial charge in [-0.2, -0.15) is 22.0 Å². The molecule has 0 N–H and O–H groups in total. The molecule has 1 aliphatic heterocycles. The fourth-order valence-corrected chi connectivity index (χ4v) is 4.23. The molecule has 2 aliphatic rings. The molecule has 1 saturated heterocycles. The summed E-state index contributed by atoms with van der Waals surface area (Å²) >= 11 is 0. The number of nitrogens with zero attached hydrogens (tertiary/aromatic N) is 2. The van der Waals surface area contributed by atoms with E-state index in [1.807, 2.05) is 0 Å². The zero-order chi connectivity index (χ0) is 22.5. The molecule has 0 bridgehead atoms. The molecule has 0 aromatic carbocycles. The van der Waals surface area contributed by atoms with E-state index >= 15 is 0 Å². The maximum atomic E-state index is 14.6. The molecule has 0 amide bonds. The zero-order valence-electron chi connectivity index (χ0n) is 17.5. The smallest absolute Gasteiger partial charge is 0.403 e. The van der Waals surface area contributed by atoms with E-state index in [0.29, 0.717) is 18.8 Å². The number of aromatic nitrogens is 2. The fourth-order valence-electron chi connectivity index (χ4n) is 4.23. The number of hydrogen-bond acceptors (Lipinski definition) is 5. The Labute approximate surface area is 178 Å². The van der Waals surface area contributed by atoms with Crippen molar-refractivity contribution in [2.45, 2.75) is 83.2 Å². The second-order valence-electron chi connectivity index (χ2n) is 8.43. The van der Waals surface area contributed by atoms with Gasteiger partial charge in [-0.05, 0) is 44.4 Å². The fraction of sp³-hybridized carbons (Fsp3) is 0.810. The van der Waals surface area contributed by atoms with Crippen LogP contribution < -0.4 is 4.74 Å². The van der Waals surface area contributed by atoms with Gasteiger partial charge in [-0.15, -0.1) is 0 Å². The van der Waals surface area contributed by atoms with Crippen molar-refractivity contribution in [3.05, 3.63) is 18.5 Å². The van der Waals surface area contributed by atoms with E-state index in [1.54, 1.807) is 0 Å². The summed E-state index contributed by atoms with van der Waals surface area (Å²) in [5, 5.41) is 0. The van der Waals surface area contributed by atoms with Crippen LogP contribution in [-0.2, 0) is 9.47 Å². The van der Waals surface area contributed by atoms with Gasteiger partial charge in [-0.3, -0.25) is 4.74 Å². The highest BCUT2D eigenvalue weighted by molar-refractivity contribution is 5.11. The van der Waals surface area contributed by atoms with E-state index in [0.717, 1.165) is 44.5 Å². The molecule has 5 nitrogen and oxygen atoms in total. The highest BCUT2D eigenvalue weighted by Gasteiger charge is 2.48. The Morgan fingerprint density at radius 1 is 0.968 bits per heavy atom. The Morgan fingerprint density at radius 2 is 1.61 bits per heavy atom. The number of hydrogen-bond donors (Lipinski definition) is 0. The van der Waals surface area contributed by atoms with Crippen LogP contribution in [0.2, 0.25) is 0 Å². The molecule has 1 saturated carbocycles. The molecule has 1 aromatic rings. The highest BCUT2D eigenvalue weighted by atomic mass is 19.3. The number of rotatable bonds is 9. The van der Waals surface area contributed by atoms with Gasteiger partial charge in [0.25, 0.3) is 0 Å². The van der Waals surface area contributed by atoms with E-state index < -0.39 is 48.8 Å². The third-order valence-corrected chi connectivity index (χ3v) is 6.14. The predicted molar refractivity (Wildman–Crippen MR) is 101 cm³/mol. The first-order valence-corrected chi connectivity index (χ1v) is 10.9. The molecule has 2 fully saturated rings. The Kier molecular flexibility index (Phi) is 8.07. The molecule has 3 rings (SSSR count). The van der Waals surface area contributed by atoms with Gasteiger partial charge < -0.3 is 9.47 Å². The monoisotopic (exact) mass is 452 g/mol. The molecular weight excluding hydrogens is 423 g/mol. The number of ether oxygens (including phenoxy) is 3. The van der Waals surface area contributed by atoms with Crippen LogP contribution in [0.1, 0.15) is 64.7 Å². The van der Waals surface area contributed by atoms with Crippen LogP contribution in [-0.4, -0.2) is 35.1 Å². The topological polar surface area (TPSA) is 53.5 Å². The normalized spacial score (nSPS) is 27.8. The molecule has 2 atom stereocenters. The first kappa shape index (κ1) is 24.1. The molecule has 1 aromatic heterocycles. The van der Waals surface area contributed by atoms with Gasteiger partial charge in [0.15, 0.2) is 12.0 Å². The standard InChI is InChI=1S/C21H29F5N2O3/c1-2-3-4-14-5-7-15(8-6-14)20(23,24)31-18-10-9-16(13-29-18)21(25,26)30-17-11-27-19(22)28-12-17/h11-12,14-16,18H,2-10,13H2,1H3. The van der Waals surface area contributed by atoms with Crippen molar-refractivity contribution in [1.82, 2.24) is 9.97 Å². The summed E-state index contributed by atoms with van der Waals surface area (Å²) in [5.41, 5.74) is 0. The molecule has 176 valence electrons. The summed E-state index contributed by atoms with van der Waals surface area (Å²) in [6.45, 7) is 1.61. The van der Waals surface area contributed by atoms with E-state index in [1.165, 1.54) is 0 Å². The molecular formula is C21H29F5N2O3. The van der Waals surface area contributed by atoms with Crippen LogP contribution >= 0.6 is 0 Å². The van der Waals surface area contributed by atoms with Gasteiger partial charge in [-0.25, -0.2) is 9.97 Å². The van der Waals surface area contributed by atoms with Crippen molar-refractivity contribution in [2.75, 3.05) is 6.61 Å². The van der Waals surface area contributed by atoms with Gasteiger partial charge in [0.2, 0.25) is 0 Å². The lowest BCUT2D eigenvalue weighted by molar-refractivity contribution is -0.358. The van der Waals surface area contributed by atoms with Gasteiger partial charge in [0.1, 0.15) is 0 Å². The van der Waals surface area contributed by atoms with Crippen LogP contribution in [0.25, 0.3) is 0 Å². The molecule has 31 heavy (non-hydrogen) atoms. The van der Waals surface area contributed by atoms with Gasteiger partial charge >= 0.3 is 18.3 Å². The lowest BCUT2D eigenvalue weighted by atomic mass is 9.79. The Bertz CT molecular complexity index is 676. The maximum Gasteiger partial charge on any atom is 0.403 e. The van der Waals surface area contributed by atoms with Crippen molar-refractivity contribution < 1.29 is 36.2 Å². The average molecular weight is 452 g/mol. The van der Waals surface area contributed by atoms with E-state index in [4.69, 9.17) is 9.47 Å². The first-order valence-electron chi connectivity index (χ1n) is 10.9. The molecule has 2 unspecified atom stereocenters. The maximum absolute atomic E-state index is 14.6. The minimum absolute atomic E-state index is 0.106. The van der Waals surface area contributed by atoms with Gasteiger partial charge in [-0.1, -0.05) is 26.2 Å². The molecule has 0 radical (unpaired) electrons. The van der Waals surface area contributed by atoms with Crippen LogP contribution in [0.4, 0.5) is 22.0 Å². The first-order chi connectivity index (χ1) is 14.7. The van der Waals surface area contributed by atoms with E-state index in [-0.39, 0.29) is 12.8 Å². The van der Waals surface area contributed by atoms with Crippen molar-refractivity contribution in [2.24, 2.45) is 17.8 Å². The second-order valence-corrected chi connectivity index (χ2v) is 8.43. The SMILES string of the molecule is CCCCC1CCC(C(F)(F)OC2CCC(C(F)(F)Oc3cnc(F)nc3)CO2)CC1. The van der Waals surface area contributed by atoms with Gasteiger partial charge in [0.05, 0.1) is 30.8 Å². The summed E-state index contributed by atoms with van der Waals surface area (Å²) in [4.78, 5) is 6.31. The summed E-state index contributed by atoms with van der Waals surface area (Å²) in [5.74, 6) is -2.15. The predicted octanol–water partition coefficient (Wildman–Crippen LogP) is 5.95. The minimum Gasteiger partial charge on any atom is -0.429 e. The highest BCUT2D eigenvalue weighted by Crippen LogP contribution is 2.43. The lowest BCUT2D eigenvalue weighted by Gasteiger charge is -2.37. The van der Waals surface area contributed by atoms with Crippen molar-refractivity contribution in [3.8, 4) is 5.75 Å². The summed E-state index contributed by atoms with van der Waals surface area (Å²) in [6, 6.07) is 0. The largest absolute Gasteiger partial charge is 0.429 e. The van der Waals surface area contributed by atoms with Gasteiger partial charge in [0, 0.05) is 0 Å². The van der Waals surface area contributed by atoms with Crippen molar-refractivity contribution in [3.63, 3.8) is 0 Å². The third-order valence-electron chi connectivity index (χ3n) is 6.14. The molecule has 1 aliphatic carbocycles. The van der Waals surface area contributed by atoms with Crippen LogP contribution in [0.3, 0.4) is 0 Å². The Hall–Kier alpha value is -1.55. The number of alkyl halides is 4. The van der Waals surface area contributed by atoms with Crippen molar-refractivity contribution >= 4 is 0 Å². The summed E-state index contributed by atoms with van der Waals surface area (Å²) < 4.78 is 85.3. The average Bonchev–Trinajstić information content (AvgIpc) is 2.74. The van der Waals surface area contributed by atoms with Crippen LogP contribution in [0.15, 0.2) is 12.4 Å². The van der Waals surface area contributed by atoms with E-state index in [9.17, 15) is 22.0 Å². The quantitative estimate of drug-likeness (QED) is 0.343.